The lowest BCUT2D eigenvalue weighted by Crippen LogP contribution is -2.37. The second-order valence-electron chi connectivity index (χ2n) is 2.90. The molecule has 6 heteroatoms. The van der Waals surface area contributed by atoms with Crippen molar-refractivity contribution in [3.05, 3.63) is 0 Å². The number of rotatable bonds is 2. The Balaban J connectivity index is 1.89. The minimum absolute atomic E-state index is 0.102. The van der Waals surface area contributed by atoms with Gasteiger partial charge in [0.15, 0.2) is 0 Å². The van der Waals surface area contributed by atoms with Gasteiger partial charge in [-0.2, -0.15) is 0 Å². The molecule has 0 saturated carbocycles. The highest BCUT2D eigenvalue weighted by Gasteiger charge is 2.27. The average Bonchev–Trinajstić information content (AvgIpc) is 2.65. The monoisotopic (exact) mass is 218 g/mol. The summed E-state index contributed by atoms with van der Waals surface area (Å²) in [6.07, 6.45) is 0. The van der Waals surface area contributed by atoms with Gasteiger partial charge in [-0.25, -0.2) is 0 Å². The largest absolute Gasteiger partial charge is 0.315 e. The van der Waals surface area contributed by atoms with Crippen LogP contribution in [0, 0.1) is 0 Å². The van der Waals surface area contributed by atoms with Crippen molar-refractivity contribution in [2.24, 2.45) is 0 Å². The molecule has 0 atom stereocenters. The molecular formula is C7H10N2O2S2. The van der Waals surface area contributed by atoms with Gasteiger partial charge in [0.25, 0.3) is 10.5 Å². The topological polar surface area (TPSA) is 40.6 Å². The Labute approximate surface area is 85.0 Å². The van der Waals surface area contributed by atoms with E-state index < -0.39 is 0 Å². The van der Waals surface area contributed by atoms with Crippen LogP contribution >= 0.6 is 23.5 Å². The molecule has 0 aliphatic carbocycles. The van der Waals surface area contributed by atoms with Crippen molar-refractivity contribution < 1.29 is 9.59 Å². The van der Waals surface area contributed by atoms with Crippen molar-refractivity contribution in [3.8, 4) is 0 Å². The summed E-state index contributed by atoms with van der Waals surface area (Å²) < 4.78 is 0. The third kappa shape index (κ3) is 1.94. The minimum atomic E-state index is 0.102. The van der Waals surface area contributed by atoms with E-state index in [1.807, 2.05) is 0 Å². The lowest BCUT2D eigenvalue weighted by molar-refractivity contribution is 0.183. The molecule has 0 spiro atoms. The van der Waals surface area contributed by atoms with E-state index in [0.29, 0.717) is 6.67 Å². The molecule has 2 rings (SSSR count). The number of thioether (sulfide) groups is 2. The fraction of sp³-hybridized carbons (Fsp3) is 0.714. The fourth-order valence-corrected chi connectivity index (χ4v) is 2.95. The molecule has 72 valence electrons. The molecule has 0 aromatic rings. The lowest BCUT2D eigenvalue weighted by Gasteiger charge is -2.21. The van der Waals surface area contributed by atoms with Crippen LogP contribution in [-0.2, 0) is 0 Å². The zero-order valence-electron chi connectivity index (χ0n) is 7.06. The first-order valence-electron chi connectivity index (χ1n) is 4.11. The number of hydrogen-bond acceptors (Lipinski definition) is 4. The molecule has 0 aromatic carbocycles. The van der Waals surface area contributed by atoms with Crippen LogP contribution in [0.2, 0.25) is 0 Å². The molecule has 0 bridgehead atoms. The number of amides is 2. The van der Waals surface area contributed by atoms with Crippen molar-refractivity contribution >= 4 is 34.0 Å². The maximum absolute atomic E-state index is 11.2. The van der Waals surface area contributed by atoms with E-state index in [1.165, 1.54) is 23.5 Å². The van der Waals surface area contributed by atoms with Gasteiger partial charge in [-0.15, -0.1) is 0 Å². The van der Waals surface area contributed by atoms with E-state index >= 15 is 0 Å². The highest BCUT2D eigenvalue weighted by molar-refractivity contribution is 8.14. The van der Waals surface area contributed by atoms with Gasteiger partial charge in [-0.3, -0.25) is 9.59 Å². The SMILES string of the molecule is O=C1SCCN1CN1CCSC1=O. The highest BCUT2D eigenvalue weighted by Crippen LogP contribution is 2.21. The summed E-state index contributed by atoms with van der Waals surface area (Å²) in [4.78, 5) is 25.9. The number of carbonyl (C=O) groups is 2. The lowest BCUT2D eigenvalue weighted by atomic mass is 10.6. The summed E-state index contributed by atoms with van der Waals surface area (Å²) >= 11 is 2.66. The van der Waals surface area contributed by atoms with Crippen LogP contribution in [0.3, 0.4) is 0 Å². The van der Waals surface area contributed by atoms with Crippen molar-refractivity contribution in [2.45, 2.75) is 0 Å². The Hall–Kier alpha value is -0.360. The van der Waals surface area contributed by atoms with Crippen LogP contribution in [0.1, 0.15) is 0 Å². The smallest absolute Gasteiger partial charge is 0.283 e. The number of hydrogen-bond donors (Lipinski definition) is 0. The van der Waals surface area contributed by atoms with Gasteiger partial charge >= 0.3 is 0 Å². The highest BCUT2D eigenvalue weighted by atomic mass is 32.2. The molecule has 0 radical (unpaired) electrons. The first kappa shape index (κ1) is 9.21. The van der Waals surface area contributed by atoms with Crippen LogP contribution in [-0.4, -0.2) is 51.5 Å². The summed E-state index contributed by atoms with van der Waals surface area (Å²) in [5.74, 6) is 1.71. The Morgan fingerprint density at radius 1 is 1.00 bits per heavy atom. The summed E-state index contributed by atoms with van der Waals surface area (Å²) in [5, 5.41) is 0.203. The molecule has 2 saturated heterocycles. The first-order valence-corrected chi connectivity index (χ1v) is 6.08. The van der Waals surface area contributed by atoms with E-state index in [-0.39, 0.29) is 10.5 Å². The maximum atomic E-state index is 11.2. The van der Waals surface area contributed by atoms with Crippen molar-refractivity contribution in [1.82, 2.24) is 9.80 Å². The third-order valence-electron chi connectivity index (χ3n) is 2.03. The van der Waals surface area contributed by atoms with Gasteiger partial charge in [0.05, 0.1) is 6.67 Å². The second kappa shape index (κ2) is 3.79. The molecule has 0 N–H and O–H groups in total. The molecule has 2 aliphatic heterocycles. The summed E-state index contributed by atoms with van der Waals surface area (Å²) in [7, 11) is 0. The van der Waals surface area contributed by atoms with E-state index in [9.17, 15) is 9.59 Å². The zero-order chi connectivity index (χ0) is 9.26. The van der Waals surface area contributed by atoms with Gasteiger partial charge in [-0.1, -0.05) is 23.5 Å². The third-order valence-corrected chi connectivity index (χ3v) is 3.81. The van der Waals surface area contributed by atoms with Crippen LogP contribution in [0.25, 0.3) is 0 Å². The maximum Gasteiger partial charge on any atom is 0.283 e. The van der Waals surface area contributed by atoms with Gasteiger partial charge in [0.1, 0.15) is 0 Å². The summed E-state index contributed by atoms with van der Waals surface area (Å²) in [5.41, 5.74) is 0. The van der Waals surface area contributed by atoms with Gasteiger partial charge < -0.3 is 9.80 Å². The zero-order valence-corrected chi connectivity index (χ0v) is 8.70. The predicted molar refractivity (Wildman–Crippen MR) is 54.0 cm³/mol. The van der Waals surface area contributed by atoms with Crippen molar-refractivity contribution in [1.29, 1.82) is 0 Å². The van der Waals surface area contributed by atoms with Gasteiger partial charge in [-0.05, 0) is 0 Å². The van der Waals surface area contributed by atoms with Crippen LogP contribution < -0.4 is 0 Å². The Morgan fingerprint density at radius 3 is 1.77 bits per heavy atom. The molecule has 4 nitrogen and oxygen atoms in total. The molecule has 2 aliphatic rings. The average molecular weight is 218 g/mol. The van der Waals surface area contributed by atoms with E-state index in [0.717, 1.165) is 24.6 Å². The van der Waals surface area contributed by atoms with Crippen molar-refractivity contribution in [3.63, 3.8) is 0 Å². The molecule has 0 aromatic heterocycles. The molecule has 2 fully saturated rings. The predicted octanol–water partition coefficient (Wildman–Crippen LogP) is 1.28. The molecule has 2 heterocycles. The molecule has 2 amide bonds. The summed E-state index contributed by atoms with van der Waals surface area (Å²) in [6, 6.07) is 0. The first-order chi connectivity index (χ1) is 6.27. The van der Waals surface area contributed by atoms with Crippen LogP contribution in [0.4, 0.5) is 9.59 Å². The Bertz CT molecular complexity index is 223. The van der Waals surface area contributed by atoms with Gasteiger partial charge in [0.2, 0.25) is 0 Å². The van der Waals surface area contributed by atoms with Crippen LogP contribution in [0.15, 0.2) is 0 Å². The Kier molecular flexibility index (Phi) is 2.69. The summed E-state index contributed by atoms with van der Waals surface area (Å²) in [6.45, 7) is 2.04. The normalized spacial score (nSPS) is 23.4. The fourth-order valence-electron chi connectivity index (χ4n) is 1.31. The van der Waals surface area contributed by atoms with Gasteiger partial charge in [0, 0.05) is 24.6 Å². The number of carbonyl (C=O) groups excluding carboxylic acids is 2. The van der Waals surface area contributed by atoms with Crippen LogP contribution in [0.5, 0.6) is 0 Å². The quantitative estimate of drug-likeness (QED) is 0.700. The standard InChI is InChI=1S/C7H10N2O2S2/c10-6-8(1-3-12-6)5-9-2-4-13-7(9)11/h1-5H2. The Morgan fingerprint density at radius 2 is 1.46 bits per heavy atom. The molecule has 13 heavy (non-hydrogen) atoms. The molecule has 0 unspecified atom stereocenters. The van der Waals surface area contributed by atoms with E-state index in [1.54, 1.807) is 9.80 Å². The molecular weight excluding hydrogens is 208 g/mol. The van der Waals surface area contributed by atoms with E-state index in [4.69, 9.17) is 0 Å². The second-order valence-corrected chi connectivity index (χ2v) is 4.99. The van der Waals surface area contributed by atoms with Crippen molar-refractivity contribution in [2.75, 3.05) is 31.3 Å². The number of nitrogens with zero attached hydrogens (tertiary/aromatic N) is 2. The van der Waals surface area contributed by atoms with E-state index in [2.05, 4.69) is 0 Å². The minimum Gasteiger partial charge on any atom is -0.315 e.